The van der Waals surface area contributed by atoms with Crippen molar-refractivity contribution in [2.24, 2.45) is 0 Å². The molecule has 4 heteroatoms. The fourth-order valence-corrected chi connectivity index (χ4v) is 3.56. The van der Waals surface area contributed by atoms with E-state index in [-0.39, 0.29) is 0 Å². The van der Waals surface area contributed by atoms with E-state index in [9.17, 15) is 13.2 Å². The van der Waals surface area contributed by atoms with Crippen LogP contribution in [0, 0.1) is 17.5 Å². The van der Waals surface area contributed by atoms with Gasteiger partial charge in [-0.05, 0) is 47.2 Å². The second-order valence-electron chi connectivity index (χ2n) is 4.97. The van der Waals surface area contributed by atoms with Crippen LogP contribution in [0.3, 0.4) is 0 Å². The number of benzene rings is 2. The van der Waals surface area contributed by atoms with Gasteiger partial charge in [-0.3, -0.25) is 0 Å². The molecule has 0 saturated heterocycles. The molecule has 3 aromatic rings. The molecule has 0 bridgehead atoms. The molecule has 0 fully saturated rings. The normalized spacial score (nSPS) is 11.2. The number of fused-ring (bicyclic) bond motifs is 1. The minimum absolute atomic E-state index is 0.346. The average Bonchev–Trinajstić information content (AvgIpc) is 2.86. The van der Waals surface area contributed by atoms with E-state index in [1.165, 1.54) is 4.88 Å². The van der Waals surface area contributed by atoms with Gasteiger partial charge in [-0.15, -0.1) is 11.3 Å². The maximum Gasteiger partial charge on any atom is 0.194 e. The summed E-state index contributed by atoms with van der Waals surface area (Å²) < 4.78 is 40.8. The van der Waals surface area contributed by atoms with E-state index in [1.807, 2.05) is 12.1 Å². The molecule has 0 saturated carbocycles. The van der Waals surface area contributed by atoms with Crippen LogP contribution in [0.25, 0.3) is 21.2 Å². The van der Waals surface area contributed by atoms with Crippen molar-refractivity contribution in [3.63, 3.8) is 0 Å². The van der Waals surface area contributed by atoms with Gasteiger partial charge in [0.1, 0.15) is 0 Å². The third-order valence-corrected chi connectivity index (χ3v) is 4.54. The molecule has 0 spiro atoms. The zero-order valence-corrected chi connectivity index (χ0v) is 12.2. The quantitative estimate of drug-likeness (QED) is 0.525. The lowest BCUT2D eigenvalue weighted by atomic mass is 10.0. The first-order valence-corrected chi connectivity index (χ1v) is 7.57. The van der Waals surface area contributed by atoms with Crippen LogP contribution < -0.4 is 0 Å². The maximum atomic E-state index is 13.3. The molecule has 0 nitrogen and oxygen atoms in total. The predicted molar refractivity (Wildman–Crippen MR) is 81.1 cm³/mol. The fraction of sp³-hybridized carbons (Fsp3) is 0.176. The Morgan fingerprint density at radius 2 is 1.62 bits per heavy atom. The SMILES string of the molecule is CCCc1cc2ccc(-c3cc(F)c(F)c(F)c3)cc2s1. The Balaban J connectivity index is 2.08. The van der Waals surface area contributed by atoms with Crippen molar-refractivity contribution in [1.82, 2.24) is 0 Å². The highest BCUT2D eigenvalue weighted by Crippen LogP contribution is 2.32. The topological polar surface area (TPSA) is 0 Å². The second kappa shape index (κ2) is 5.53. The van der Waals surface area contributed by atoms with E-state index in [0.717, 1.165) is 35.1 Å². The van der Waals surface area contributed by atoms with Crippen molar-refractivity contribution in [2.75, 3.05) is 0 Å². The van der Waals surface area contributed by atoms with E-state index in [2.05, 4.69) is 13.0 Å². The van der Waals surface area contributed by atoms with Crippen LogP contribution in [-0.2, 0) is 6.42 Å². The van der Waals surface area contributed by atoms with Crippen molar-refractivity contribution in [3.05, 3.63) is 58.7 Å². The van der Waals surface area contributed by atoms with Gasteiger partial charge in [-0.25, -0.2) is 13.2 Å². The molecule has 1 heterocycles. The van der Waals surface area contributed by atoms with E-state index in [4.69, 9.17) is 0 Å². The van der Waals surface area contributed by atoms with Gasteiger partial charge in [0.25, 0.3) is 0 Å². The molecule has 1 aromatic heterocycles. The first kappa shape index (κ1) is 14.1. The Morgan fingerprint density at radius 1 is 0.905 bits per heavy atom. The Kier molecular flexibility index (Phi) is 3.72. The molecular weight excluding hydrogens is 293 g/mol. The van der Waals surface area contributed by atoms with Crippen LogP contribution in [0.2, 0.25) is 0 Å². The van der Waals surface area contributed by atoms with Gasteiger partial charge in [0.05, 0.1) is 0 Å². The number of hydrogen-bond donors (Lipinski definition) is 0. The van der Waals surface area contributed by atoms with Crippen LogP contribution >= 0.6 is 11.3 Å². The number of halogens is 3. The monoisotopic (exact) mass is 306 g/mol. The van der Waals surface area contributed by atoms with Crippen molar-refractivity contribution in [3.8, 4) is 11.1 Å². The Morgan fingerprint density at radius 3 is 2.29 bits per heavy atom. The van der Waals surface area contributed by atoms with Crippen molar-refractivity contribution < 1.29 is 13.2 Å². The molecule has 0 amide bonds. The number of hydrogen-bond acceptors (Lipinski definition) is 1. The van der Waals surface area contributed by atoms with Gasteiger partial charge in [-0.2, -0.15) is 0 Å². The summed E-state index contributed by atoms with van der Waals surface area (Å²) in [6.45, 7) is 2.12. The molecule has 0 radical (unpaired) electrons. The lowest BCUT2D eigenvalue weighted by molar-refractivity contribution is 0.448. The van der Waals surface area contributed by atoms with E-state index in [0.29, 0.717) is 11.1 Å². The van der Waals surface area contributed by atoms with E-state index < -0.39 is 17.5 Å². The summed E-state index contributed by atoms with van der Waals surface area (Å²) >= 11 is 1.68. The highest BCUT2D eigenvalue weighted by Gasteiger charge is 2.12. The van der Waals surface area contributed by atoms with Gasteiger partial charge < -0.3 is 0 Å². The lowest BCUT2D eigenvalue weighted by Gasteiger charge is -2.04. The van der Waals surface area contributed by atoms with Crippen molar-refractivity contribution >= 4 is 21.4 Å². The smallest absolute Gasteiger partial charge is 0.194 e. The molecule has 0 aliphatic heterocycles. The highest BCUT2D eigenvalue weighted by atomic mass is 32.1. The average molecular weight is 306 g/mol. The number of thiophene rings is 1. The van der Waals surface area contributed by atoms with E-state index >= 15 is 0 Å². The summed E-state index contributed by atoms with van der Waals surface area (Å²) in [5, 5.41) is 1.12. The first-order valence-electron chi connectivity index (χ1n) is 6.76. The number of rotatable bonds is 3. The van der Waals surface area contributed by atoms with Gasteiger partial charge in [0.15, 0.2) is 17.5 Å². The third kappa shape index (κ3) is 2.68. The molecule has 0 N–H and O–H groups in total. The molecule has 3 rings (SSSR count). The summed E-state index contributed by atoms with van der Waals surface area (Å²) in [5.41, 5.74) is 1.03. The second-order valence-corrected chi connectivity index (χ2v) is 6.14. The summed E-state index contributed by atoms with van der Waals surface area (Å²) in [5.74, 6) is -3.76. The summed E-state index contributed by atoms with van der Waals surface area (Å²) in [7, 11) is 0. The van der Waals surface area contributed by atoms with Crippen LogP contribution in [0.5, 0.6) is 0 Å². The predicted octanol–water partition coefficient (Wildman–Crippen LogP) is 5.94. The molecule has 2 aromatic carbocycles. The zero-order chi connectivity index (χ0) is 15.0. The van der Waals surface area contributed by atoms with Crippen molar-refractivity contribution in [2.45, 2.75) is 19.8 Å². The summed E-state index contributed by atoms with van der Waals surface area (Å²) in [6.07, 6.45) is 2.10. The Labute approximate surface area is 124 Å². The molecular formula is C17H13F3S. The molecule has 21 heavy (non-hydrogen) atoms. The zero-order valence-electron chi connectivity index (χ0n) is 11.4. The molecule has 0 aliphatic carbocycles. The van der Waals surface area contributed by atoms with Gasteiger partial charge in [-0.1, -0.05) is 25.5 Å². The minimum Gasteiger partial charge on any atom is -0.204 e. The third-order valence-electron chi connectivity index (χ3n) is 3.38. The van der Waals surface area contributed by atoms with Crippen LogP contribution in [0.4, 0.5) is 13.2 Å². The largest absolute Gasteiger partial charge is 0.204 e. The number of aryl methyl sites for hydroxylation is 1. The fourth-order valence-electron chi connectivity index (χ4n) is 2.36. The highest BCUT2D eigenvalue weighted by molar-refractivity contribution is 7.19. The summed E-state index contributed by atoms with van der Waals surface area (Å²) in [4.78, 5) is 1.29. The molecule has 0 atom stereocenters. The Bertz CT molecular complexity index is 782. The maximum absolute atomic E-state index is 13.3. The lowest BCUT2D eigenvalue weighted by Crippen LogP contribution is -1.91. The first-order chi connectivity index (χ1) is 10.1. The summed E-state index contributed by atoms with van der Waals surface area (Å²) in [6, 6.07) is 9.82. The van der Waals surface area contributed by atoms with Gasteiger partial charge in [0, 0.05) is 9.58 Å². The van der Waals surface area contributed by atoms with Crippen LogP contribution in [0.15, 0.2) is 36.4 Å². The molecule has 0 unspecified atom stereocenters. The van der Waals surface area contributed by atoms with Crippen LogP contribution in [0.1, 0.15) is 18.2 Å². The van der Waals surface area contributed by atoms with Crippen LogP contribution in [-0.4, -0.2) is 0 Å². The van der Waals surface area contributed by atoms with Crippen molar-refractivity contribution in [1.29, 1.82) is 0 Å². The standard InChI is InChI=1S/C17H13F3S/c1-2-3-13-6-11-5-4-10(9-16(11)21-13)12-7-14(18)17(20)15(19)8-12/h4-9H,2-3H2,1H3. The van der Waals surface area contributed by atoms with Gasteiger partial charge in [0.2, 0.25) is 0 Å². The minimum atomic E-state index is -1.43. The molecule has 0 aliphatic rings. The van der Waals surface area contributed by atoms with Gasteiger partial charge >= 0.3 is 0 Å². The Hall–Kier alpha value is -1.81. The molecule has 108 valence electrons. The van der Waals surface area contributed by atoms with E-state index in [1.54, 1.807) is 17.4 Å².